The monoisotopic (exact) mass is 227 g/mol. The molecule has 0 unspecified atom stereocenters. The SMILES string of the molecule is C/C=C/CCNCc1cc(F)ccc1Cl. The third-order valence-electron chi connectivity index (χ3n) is 2.05. The van der Waals surface area contributed by atoms with Crippen LogP contribution in [0, 0.1) is 5.82 Å². The Morgan fingerprint density at radius 2 is 2.27 bits per heavy atom. The molecular weight excluding hydrogens is 213 g/mol. The van der Waals surface area contributed by atoms with Crippen molar-refractivity contribution < 1.29 is 4.39 Å². The molecule has 0 saturated heterocycles. The van der Waals surface area contributed by atoms with Crippen molar-refractivity contribution in [2.45, 2.75) is 19.9 Å². The fourth-order valence-corrected chi connectivity index (χ4v) is 1.44. The van der Waals surface area contributed by atoms with E-state index in [1.165, 1.54) is 12.1 Å². The van der Waals surface area contributed by atoms with Gasteiger partial charge in [-0.25, -0.2) is 4.39 Å². The Morgan fingerprint density at radius 3 is 3.00 bits per heavy atom. The second kappa shape index (κ2) is 6.59. The normalized spacial score (nSPS) is 11.1. The van der Waals surface area contributed by atoms with Gasteiger partial charge in [0.05, 0.1) is 0 Å². The molecule has 1 nitrogen and oxygen atoms in total. The molecular formula is C12H15ClFN. The fourth-order valence-electron chi connectivity index (χ4n) is 1.25. The van der Waals surface area contributed by atoms with E-state index in [1.54, 1.807) is 6.07 Å². The largest absolute Gasteiger partial charge is 0.312 e. The molecule has 82 valence electrons. The number of hydrogen-bond acceptors (Lipinski definition) is 1. The van der Waals surface area contributed by atoms with E-state index in [0.29, 0.717) is 11.6 Å². The molecule has 0 amide bonds. The van der Waals surface area contributed by atoms with E-state index in [9.17, 15) is 4.39 Å². The summed E-state index contributed by atoms with van der Waals surface area (Å²) in [6, 6.07) is 4.41. The van der Waals surface area contributed by atoms with Crippen molar-refractivity contribution in [1.29, 1.82) is 0 Å². The Hall–Kier alpha value is -0.860. The zero-order valence-electron chi connectivity index (χ0n) is 8.76. The molecule has 1 N–H and O–H groups in total. The minimum atomic E-state index is -0.246. The predicted octanol–water partition coefficient (Wildman–Crippen LogP) is 3.53. The first kappa shape index (κ1) is 12.2. The topological polar surface area (TPSA) is 12.0 Å². The summed E-state index contributed by atoms with van der Waals surface area (Å²) in [7, 11) is 0. The van der Waals surface area contributed by atoms with E-state index in [0.717, 1.165) is 18.5 Å². The van der Waals surface area contributed by atoms with Gasteiger partial charge in [-0.15, -0.1) is 0 Å². The van der Waals surface area contributed by atoms with Gasteiger partial charge in [0.15, 0.2) is 0 Å². The summed E-state index contributed by atoms with van der Waals surface area (Å²) in [5, 5.41) is 3.81. The van der Waals surface area contributed by atoms with Gasteiger partial charge in [0, 0.05) is 11.6 Å². The Bertz CT molecular complexity index is 336. The number of hydrogen-bond donors (Lipinski definition) is 1. The van der Waals surface area contributed by atoms with Crippen LogP contribution in [-0.2, 0) is 6.54 Å². The van der Waals surface area contributed by atoms with Gasteiger partial charge in [-0.2, -0.15) is 0 Å². The average Bonchev–Trinajstić information content (AvgIpc) is 2.23. The van der Waals surface area contributed by atoms with E-state index in [1.807, 2.05) is 13.0 Å². The Labute approximate surface area is 95.0 Å². The smallest absolute Gasteiger partial charge is 0.123 e. The summed E-state index contributed by atoms with van der Waals surface area (Å²) in [5.74, 6) is -0.246. The quantitative estimate of drug-likeness (QED) is 0.600. The first-order chi connectivity index (χ1) is 7.24. The van der Waals surface area contributed by atoms with Gasteiger partial charge in [0.1, 0.15) is 5.82 Å². The van der Waals surface area contributed by atoms with Crippen molar-refractivity contribution in [3.05, 3.63) is 46.8 Å². The summed E-state index contributed by atoms with van der Waals surface area (Å²) in [4.78, 5) is 0. The molecule has 1 aromatic carbocycles. The van der Waals surface area contributed by atoms with Gasteiger partial charge in [-0.3, -0.25) is 0 Å². The molecule has 0 fully saturated rings. The highest BCUT2D eigenvalue weighted by atomic mass is 35.5. The van der Waals surface area contributed by atoms with Crippen LogP contribution >= 0.6 is 11.6 Å². The summed E-state index contributed by atoms with van der Waals surface area (Å²) in [6.07, 6.45) is 5.07. The van der Waals surface area contributed by atoms with Crippen molar-refractivity contribution in [1.82, 2.24) is 5.32 Å². The van der Waals surface area contributed by atoms with Gasteiger partial charge in [-0.1, -0.05) is 23.8 Å². The molecule has 0 aliphatic heterocycles. The lowest BCUT2D eigenvalue weighted by Crippen LogP contribution is -2.14. The molecule has 0 aliphatic carbocycles. The molecule has 1 aromatic rings. The molecule has 0 aliphatic rings. The van der Waals surface area contributed by atoms with E-state index >= 15 is 0 Å². The van der Waals surface area contributed by atoms with E-state index < -0.39 is 0 Å². The molecule has 0 spiro atoms. The minimum Gasteiger partial charge on any atom is -0.312 e. The lowest BCUT2D eigenvalue weighted by atomic mass is 10.2. The van der Waals surface area contributed by atoms with Crippen LogP contribution < -0.4 is 5.32 Å². The highest BCUT2D eigenvalue weighted by molar-refractivity contribution is 6.31. The Balaban J connectivity index is 2.40. The van der Waals surface area contributed by atoms with Crippen LogP contribution in [-0.4, -0.2) is 6.54 Å². The van der Waals surface area contributed by atoms with Gasteiger partial charge < -0.3 is 5.32 Å². The van der Waals surface area contributed by atoms with Gasteiger partial charge >= 0.3 is 0 Å². The number of rotatable bonds is 5. The summed E-state index contributed by atoms with van der Waals surface area (Å²) in [6.45, 7) is 3.47. The molecule has 0 atom stereocenters. The number of allylic oxidation sites excluding steroid dienone is 1. The highest BCUT2D eigenvalue weighted by Gasteiger charge is 2.00. The number of halogens is 2. The van der Waals surface area contributed by atoms with Crippen LogP contribution in [0.25, 0.3) is 0 Å². The van der Waals surface area contributed by atoms with Crippen molar-refractivity contribution in [3.63, 3.8) is 0 Å². The van der Waals surface area contributed by atoms with Crippen molar-refractivity contribution >= 4 is 11.6 Å². The lowest BCUT2D eigenvalue weighted by molar-refractivity contribution is 0.620. The summed E-state index contributed by atoms with van der Waals surface area (Å²) < 4.78 is 12.9. The van der Waals surface area contributed by atoms with Crippen LogP contribution in [0.4, 0.5) is 4.39 Å². The maximum Gasteiger partial charge on any atom is 0.123 e. The maximum absolute atomic E-state index is 12.9. The fraction of sp³-hybridized carbons (Fsp3) is 0.333. The van der Waals surface area contributed by atoms with E-state index in [-0.39, 0.29) is 5.82 Å². The zero-order valence-corrected chi connectivity index (χ0v) is 9.52. The number of nitrogens with one attached hydrogen (secondary N) is 1. The van der Waals surface area contributed by atoms with E-state index in [2.05, 4.69) is 11.4 Å². The molecule has 1 rings (SSSR count). The third kappa shape index (κ3) is 4.45. The van der Waals surface area contributed by atoms with Gasteiger partial charge in [-0.05, 0) is 43.7 Å². The molecule has 0 radical (unpaired) electrons. The number of benzene rings is 1. The van der Waals surface area contributed by atoms with Crippen molar-refractivity contribution in [2.24, 2.45) is 0 Å². The van der Waals surface area contributed by atoms with Gasteiger partial charge in [0.25, 0.3) is 0 Å². The summed E-state index contributed by atoms with van der Waals surface area (Å²) >= 11 is 5.92. The molecule has 0 bridgehead atoms. The second-order valence-corrected chi connectivity index (χ2v) is 3.68. The van der Waals surface area contributed by atoms with Gasteiger partial charge in [0.2, 0.25) is 0 Å². The van der Waals surface area contributed by atoms with Crippen molar-refractivity contribution in [2.75, 3.05) is 6.54 Å². The predicted molar refractivity (Wildman–Crippen MR) is 62.5 cm³/mol. The first-order valence-corrected chi connectivity index (χ1v) is 5.37. The molecule has 0 saturated carbocycles. The van der Waals surface area contributed by atoms with Crippen LogP contribution in [0.2, 0.25) is 5.02 Å². The lowest BCUT2D eigenvalue weighted by Gasteiger charge is -2.05. The van der Waals surface area contributed by atoms with Crippen LogP contribution in [0.3, 0.4) is 0 Å². The van der Waals surface area contributed by atoms with Crippen LogP contribution in [0.1, 0.15) is 18.9 Å². The standard InChI is InChI=1S/C12H15ClFN/c1-2-3-4-7-15-9-10-8-11(14)5-6-12(10)13/h2-3,5-6,8,15H,4,7,9H2,1H3/b3-2+. The highest BCUT2D eigenvalue weighted by Crippen LogP contribution is 2.16. The average molecular weight is 228 g/mol. The summed E-state index contributed by atoms with van der Waals surface area (Å²) in [5.41, 5.74) is 0.803. The van der Waals surface area contributed by atoms with Crippen molar-refractivity contribution in [3.8, 4) is 0 Å². The van der Waals surface area contributed by atoms with Crippen LogP contribution in [0.15, 0.2) is 30.4 Å². The first-order valence-electron chi connectivity index (χ1n) is 5.00. The Kier molecular flexibility index (Phi) is 5.37. The Morgan fingerprint density at radius 1 is 1.47 bits per heavy atom. The zero-order chi connectivity index (χ0) is 11.1. The maximum atomic E-state index is 12.9. The van der Waals surface area contributed by atoms with Crippen LogP contribution in [0.5, 0.6) is 0 Å². The molecule has 0 heterocycles. The molecule has 0 aromatic heterocycles. The van der Waals surface area contributed by atoms with E-state index in [4.69, 9.17) is 11.6 Å². The third-order valence-corrected chi connectivity index (χ3v) is 2.42. The molecule has 3 heteroatoms. The minimum absolute atomic E-state index is 0.246. The second-order valence-electron chi connectivity index (χ2n) is 3.27. The molecule has 15 heavy (non-hydrogen) atoms.